The van der Waals surface area contributed by atoms with E-state index in [0.717, 1.165) is 25.7 Å². The summed E-state index contributed by atoms with van der Waals surface area (Å²) in [6.45, 7) is 4.97. The molecular weight excluding hydrogens is 272 g/mol. The number of carbonyl (C=O) groups excluding carboxylic acids is 1. The van der Waals surface area contributed by atoms with Gasteiger partial charge in [0.25, 0.3) is 0 Å². The molecule has 1 aliphatic heterocycles. The Kier molecular flexibility index (Phi) is 4.46. The number of nitrogens with one attached hydrogen (secondary N) is 1. The zero-order valence-corrected chi connectivity index (χ0v) is 13.1. The van der Waals surface area contributed by atoms with E-state index < -0.39 is 11.4 Å². The minimum absolute atomic E-state index is 0.169. The highest BCUT2D eigenvalue weighted by Crippen LogP contribution is 2.38. The van der Waals surface area contributed by atoms with Crippen LogP contribution in [0.3, 0.4) is 0 Å². The Morgan fingerprint density at radius 3 is 2.62 bits per heavy atom. The number of nitrogens with zero attached hydrogens (tertiary/aromatic N) is 1. The lowest BCUT2D eigenvalue weighted by molar-refractivity contribution is -0.148. The number of carboxylic acid groups (broad SMARTS) is 1. The maximum atomic E-state index is 12.4. The molecule has 0 aromatic heterocycles. The van der Waals surface area contributed by atoms with Crippen LogP contribution in [-0.4, -0.2) is 53.8 Å². The second-order valence-corrected chi connectivity index (χ2v) is 6.80. The van der Waals surface area contributed by atoms with Crippen molar-refractivity contribution in [2.75, 3.05) is 20.2 Å². The lowest BCUT2D eigenvalue weighted by Gasteiger charge is -2.40. The zero-order valence-electron chi connectivity index (χ0n) is 13.1. The lowest BCUT2D eigenvalue weighted by Crippen LogP contribution is -2.56. The minimum Gasteiger partial charge on any atom is -0.481 e. The topological polar surface area (TPSA) is 78.9 Å². The molecule has 1 aliphatic carbocycles. The number of ether oxygens (including phenoxy) is 1. The van der Waals surface area contributed by atoms with Crippen LogP contribution < -0.4 is 5.32 Å². The molecule has 3 unspecified atom stereocenters. The molecule has 3 atom stereocenters. The van der Waals surface area contributed by atoms with Crippen LogP contribution in [0.15, 0.2) is 0 Å². The normalized spacial score (nSPS) is 36.5. The van der Waals surface area contributed by atoms with Gasteiger partial charge >= 0.3 is 12.0 Å². The van der Waals surface area contributed by atoms with E-state index >= 15 is 0 Å². The van der Waals surface area contributed by atoms with Gasteiger partial charge in [-0.05, 0) is 39.5 Å². The fourth-order valence-electron chi connectivity index (χ4n) is 3.44. The van der Waals surface area contributed by atoms with Crippen molar-refractivity contribution in [3.63, 3.8) is 0 Å². The molecule has 2 amide bonds. The Morgan fingerprint density at radius 2 is 2.00 bits per heavy atom. The van der Waals surface area contributed by atoms with Crippen molar-refractivity contribution >= 4 is 12.0 Å². The zero-order chi connectivity index (χ0) is 15.7. The van der Waals surface area contributed by atoms with Crippen LogP contribution in [0, 0.1) is 5.41 Å². The minimum atomic E-state index is -0.851. The van der Waals surface area contributed by atoms with Gasteiger partial charge in [0.05, 0.1) is 17.6 Å². The fraction of sp³-hybridized carbons (Fsp3) is 0.867. The van der Waals surface area contributed by atoms with Gasteiger partial charge in [0.15, 0.2) is 0 Å². The van der Waals surface area contributed by atoms with E-state index in [-0.39, 0.29) is 17.7 Å². The highest BCUT2D eigenvalue weighted by Gasteiger charge is 2.46. The van der Waals surface area contributed by atoms with Gasteiger partial charge in [-0.1, -0.05) is 6.42 Å². The van der Waals surface area contributed by atoms with Crippen LogP contribution >= 0.6 is 0 Å². The van der Waals surface area contributed by atoms with Gasteiger partial charge in [-0.3, -0.25) is 4.79 Å². The van der Waals surface area contributed by atoms with E-state index in [4.69, 9.17) is 4.74 Å². The van der Waals surface area contributed by atoms with E-state index in [1.165, 1.54) is 0 Å². The predicted octanol–water partition coefficient (Wildman–Crippen LogP) is 1.84. The van der Waals surface area contributed by atoms with Crippen molar-refractivity contribution in [2.24, 2.45) is 5.41 Å². The Morgan fingerprint density at radius 1 is 1.29 bits per heavy atom. The van der Waals surface area contributed by atoms with Crippen molar-refractivity contribution in [3.05, 3.63) is 0 Å². The highest BCUT2D eigenvalue weighted by molar-refractivity contribution is 5.79. The van der Waals surface area contributed by atoms with Gasteiger partial charge in [-0.15, -0.1) is 0 Å². The second-order valence-electron chi connectivity index (χ2n) is 6.80. The van der Waals surface area contributed by atoms with E-state index in [1.54, 1.807) is 18.9 Å². The van der Waals surface area contributed by atoms with Gasteiger partial charge in [-0.25, -0.2) is 4.79 Å². The number of hydrogen-bond acceptors (Lipinski definition) is 3. The first-order chi connectivity index (χ1) is 9.81. The molecule has 1 saturated carbocycles. The van der Waals surface area contributed by atoms with Crippen LogP contribution in [0.4, 0.5) is 4.79 Å². The van der Waals surface area contributed by atoms with Crippen LogP contribution in [-0.2, 0) is 9.53 Å². The lowest BCUT2D eigenvalue weighted by atomic mass is 9.85. The van der Waals surface area contributed by atoms with Crippen molar-refractivity contribution in [1.29, 1.82) is 0 Å². The molecular formula is C15H26N2O4. The number of carboxylic acids is 1. The molecule has 6 nitrogen and oxygen atoms in total. The number of urea groups is 1. The molecule has 2 aliphatic rings. The highest BCUT2D eigenvalue weighted by atomic mass is 16.5. The summed E-state index contributed by atoms with van der Waals surface area (Å²) in [7, 11) is 1.67. The second kappa shape index (κ2) is 5.83. The Labute approximate surface area is 125 Å². The summed E-state index contributed by atoms with van der Waals surface area (Å²) >= 11 is 0. The monoisotopic (exact) mass is 298 g/mol. The van der Waals surface area contributed by atoms with Crippen LogP contribution in [0.2, 0.25) is 0 Å². The Bertz CT molecular complexity index is 428. The van der Waals surface area contributed by atoms with Crippen molar-refractivity contribution < 1.29 is 19.4 Å². The summed E-state index contributed by atoms with van der Waals surface area (Å²) < 4.78 is 5.49. The molecule has 0 bridgehead atoms. The first kappa shape index (κ1) is 16.1. The van der Waals surface area contributed by atoms with Crippen LogP contribution in [0.5, 0.6) is 0 Å². The molecule has 2 rings (SSSR count). The maximum absolute atomic E-state index is 12.4. The maximum Gasteiger partial charge on any atom is 0.317 e. The summed E-state index contributed by atoms with van der Waals surface area (Å²) in [5.74, 6) is -0.828. The van der Waals surface area contributed by atoms with Crippen molar-refractivity contribution in [3.8, 4) is 0 Å². The largest absolute Gasteiger partial charge is 0.481 e. The number of hydrogen-bond donors (Lipinski definition) is 2. The summed E-state index contributed by atoms with van der Waals surface area (Å²) in [4.78, 5) is 25.6. The third-order valence-corrected chi connectivity index (χ3v) is 5.18. The predicted molar refractivity (Wildman–Crippen MR) is 78.1 cm³/mol. The number of carbonyl (C=O) groups is 2. The van der Waals surface area contributed by atoms with E-state index in [0.29, 0.717) is 19.5 Å². The summed E-state index contributed by atoms with van der Waals surface area (Å²) in [6.07, 6.45) is 4.01. The van der Waals surface area contributed by atoms with Gasteiger partial charge in [0.1, 0.15) is 0 Å². The average molecular weight is 298 g/mol. The Balaban J connectivity index is 2.00. The Hall–Kier alpha value is -1.30. The number of likely N-dealkylation sites (tertiary alicyclic amines) is 1. The quantitative estimate of drug-likeness (QED) is 0.833. The van der Waals surface area contributed by atoms with Gasteiger partial charge in [0, 0.05) is 19.7 Å². The van der Waals surface area contributed by atoms with Crippen molar-refractivity contribution in [1.82, 2.24) is 10.2 Å². The molecule has 21 heavy (non-hydrogen) atoms. The number of piperidine rings is 1. The standard InChI is InChI=1S/C15H26N2O4/c1-14(21-3)7-5-9-17(10-14)13(20)16-11-6-4-8-15(11,2)12(18)19/h11H,4-10H2,1-3H3,(H,16,20)(H,18,19). The number of methoxy groups -OCH3 is 1. The molecule has 0 aromatic rings. The molecule has 2 fully saturated rings. The van der Waals surface area contributed by atoms with Gasteiger partial charge < -0.3 is 20.1 Å². The molecule has 120 valence electrons. The van der Waals surface area contributed by atoms with Gasteiger partial charge in [0.2, 0.25) is 0 Å². The number of amides is 2. The SMILES string of the molecule is COC1(C)CCCN(C(=O)NC2CCCC2(C)C(=O)O)C1. The first-order valence-corrected chi connectivity index (χ1v) is 7.65. The molecule has 0 radical (unpaired) electrons. The first-order valence-electron chi connectivity index (χ1n) is 7.65. The average Bonchev–Trinajstić information content (AvgIpc) is 2.81. The summed E-state index contributed by atoms with van der Waals surface area (Å²) in [5, 5.41) is 12.3. The molecule has 0 aromatic carbocycles. The van der Waals surface area contributed by atoms with Crippen LogP contribution in [0.25, 0.3) is 0 Å². The fourth-order valence-corrected chi connectivity index (χ4v) is 3.44. The number of aliphatic carboxylic acids is 1. The molecule has 0 spiro atoms. The van der Waals surface area contributed by atoms with E-state index in [1.807, 2.05) is 6.92 Å². The summed E-state index contributed by atoms with van der Waals surface area (Å²) in [6, 6.07) is -0.462. The third kappa shape index (κ3) is 3.15. The number of rotatable bonds is 3. The summed E-state index contributed by atoms with van der Waals surface area (Å²) in [5.41, 5.74) is -1.16. The van der Waals surface area contributed by atoms with E-state index in [2.05, 4.69) is 5.32 Å². The molecule has 1 saturated heterocycles. The molecule has 1 heterocycles. The molecule has 2 N–H and O–H groups in total. The smallest absolute Gasteiger partial charge is 0.317 e. The van der Waals surface area contributed by atoms with Gasteiger partial charge in [-0.2, -0.15) is 0 Å². The molecule has 6 heteroatoms. The van der Waals surface area contributed by atoms with Crippen LogP contribution in [0.1, 0.15) is 46.0 Å². The third-order valence-electron chi connectivity index (χ3n) is 5.18. The van der Waals surface area contributed by atoms with E-state index in [9.17, 15) is 14.7 Å². The van der Waals surface area contributed by atoms with Crippen molar-refractivity contribution in [2.45, 2.75) is 57.6 Å².